The second kappa shape index (κ2) is 15.4. The molecule has 3 rings (SSSR count). The Morgan fingerprint density at radius 1 is 0.974 bits per heavy atom. The third-order valence-electron chi connectivity index (χ3n) is 6.03. The number of para-hydroxylation sites is 1. The van der Waals surface area contributed by atoms with E-state index in [0.717, 1.165) is 31.0 Å². The van der Waals surface area contributed by atoms with Crippen molar-refractivity contribution in [2.45, 2.75) is 66.4 Å². The van der Waals surface area contributed by atoms with E-state index in [1.54, 1.807) is 10.8 Å². The SMILES string of the molecule is CC(C)(C)OC(=O)n1cc(CCOc2c(Br)cc(CCC(=O)O)cc2Br)c2ccccc21.CCN(CC)CC. The minimum absolute atomic E-state index is 0.0702. The molecule has 0 aliphatic carbocycles. The van der Waals surface area contributed by atoms with Crippen molar-refractivity contribution in [1.82, 2.24) is 9.47 Å². The summed E-state index contributed by atoms with van der Waals surface area (Å²) in [5, 5.41) is 9.86. The number of hydrogen-bond acceptors (Lipinski definition) is 5. The normalized spacial score (nSPS) is 11.3. The predicted octanol–water partition coefficient (Wildman–Crippen LogP) is 7.94. The van der Waals surface area contributed by atoms with Crippen LogP contribution in [0.15, 0.2) is 51.5 Å². The summed E-state index contributed by atoms with van der Waals surface area (Å²) in [4.78, 5) is 25.8. The van der Waals surface area contributed by atoms with E-state index in [1.807, 2.05) is 57.2 Å². The Balaban J connectivity index is 0.000000673. The van der Waals surface area contributed by atoms with Crippen molar-refractivity contribution in [3.05, 3.63) is 62.7 Å². The maximum atomic E-state index is 12.7. The lowest BCUT2D eigenvalue weighted by atomic mass is 10.1. The van der Waals surface area contributed by atoms with Crippen molar-refractivity contribution >= 4 is 54.8 Å². The van der Waals surface area contributed by atoms with Gasteiger partial charge in [-0.1, -0.05) is 39.0 Å². The van der Waals surface area contributed by atoms with Gasteiger partial charge in [0.05, 0.1) is 21.1 Å². The molecule has 0 saturated carbocycles. The molecule has 0 atom stereocenters. The summed E-state index contributed by atoms with van der Waals surface area (Å²) in [6.07, 6.45) is 2.50. The van der Waals surface area contributed by atoms with E-state index >= 15 is 0 Å². The Kier molecular flexibility index (Phi) is 13.0. The predicted molar refractivity (Wildman–Crippen MR) is 164 cm³/mol. The molecular formula is C30H40Br2N2O5. The van der Waals surface area contributed by atoms with Crippen LogP contribution in [0.5, 0.6) is 5.75 Å². The fourth-order valence-corrected chi connectivity index (χ4v) is 5.50. The first-order chi connectivity index (χ1) is 18.4. The number of halogens is 2. The molecule has 39 heavy (non-hydrogen) atoms. The van der Waals surface area contributed by atoms with Crippen molar-refractivity contribution in [2.24, 2.45) is 0 Å². The smallest absolute Gasteiger partial charge is 0.419 e. The van der Waals surface area contributed by atoms with Crippen LogP contribution in [0.25, 0.3) is 10.9 Å². The summed E-state index contributed by atoms with van der Waals surface area (Å²) >= 11 is 7.03. The van der Waals surface area contributed by atoms with E-state index in [2.05, 4.69) is 57.5 Å². The van der Waals surface area contributed by atoms with Crippen LogP contribution in [0.1, 0.15) is 59.1 Å². The topological polar surface area (TPSA) is 81.0 Å². The zero-order valence-corrected chi connectivity index (χ0v) is 26.9. The van der Waals surface area contributed by atoms with Gasteiger partial charge in [-0.2, -0.15) is 0 Å². The molecule has 3 aromatic rings. The van der Waals surface area contributed by atoms with E-state index in [9.17, 15) is 9.59 Å². The average Bonchev–Trinajstić information content (AvgIpc) is 3.24. The highest BCUT2D eigenvalue weighted by Crippen LogP contribution is 2.35. The first-order valence-electron chi connectivity index (χ1n) is 13.3. The van der Waals surface area contributed by atoms with Gasteiger partial charge >= 0.3 is 12.1 Å². The molecule has 1 N–H and O–H groups in total. The Hall–Kier alpha value is -2.36. The molecule has 7 nitrogen and oxygen atoms in total. The summed E-state index contributed by atoms with van der Waals surface area (Å²) in [5.74, 6) is -0.178. The number of carbonyl (C=O) groups excluding carboxylic acids is 1. The number of benzene rings is 2. The number of nitrogens with zero attached hydrogens (tertiary/aromatic N) is 2. The van der Waals surface area contributed by atoms with Gasteiger partial charge in [0, 0.05) is 24.4 Å². The molecule has 0 saturated heterocycles. The van der Waals surface area contributed by atoms with Crippen molar-refractivity contribution in [2.75, 3.05) is 26.2 Å². The second-order valence-electron chi connectivity index (χ2n) is 10.0. The zero-order valence-electron chi connectivity index (χ0n) is 23.7. The van der Waals surface area contributed by atoms with Gasteiger partial charge in [0.25, 0.3) is 0 Å². The van der Waals surface area contributed by atoms with Gasteiger partial charge in [-0.25, -0.2) is 4.79 Å². The summed E-state index contributed by atoms with van der Waals surface area (Å²) in [5.41, 5.74) is 2.10. The molecule has 214 valence electrons. The molecule has 0 bridgehead atoms. The lowest BCUT2D eigenvalue weighted by Gasteiger charge is -2.19. The highest BCUT2D eigenvalue weighted by Gasteiger charge is 2.21. The molecule has 0 aliphatic heterocycles. The number of carbonyl (C=O) groups is 2. The van der Waals surface area contributed by atoms with Gasteiger partial charge in [0.2, 0.25) is 0 Å². The maximum Gasteiger partial charge on any atom is 0.419 e. The minimum atomic E-state index is -0.830. The molecule has 1 aromatic heterocycles. The van der Waals surface area contributed by atoms with Gasteiger partial charge in [0.15, 0.2) is 0 Å². The number of carboxylic acid groups (broad SMARTS) is 1. The van der Waals surface area contributed by atoms with Gasteiger partial charge in [-0.05, 0) is 108 Å². The Bertz CT molecular complexity index is 1220. The summed E-state index contributed by atoms with van der Waals surface area (Å²) in [6.45, 7) is 16.0. The second-order valence-corrected chi connectivity index (χ2v) is 11.7. The van der Waals surface area contributed by atoms with Crippen LogP contribution in [-0.4, -0.2) is 58.5 Å². The maximum absolute atomic E-state index is 12.7. The lowest BCUT2D eigenvalue weighted by molar-refractivity contribution is -0.136. The van der Waals surface area contributed by atoms with Crippen molar-refractivity contribution < 1.29 is 24.2 Å². The highest BCUT2D eigenvalue weighted by molar-refractivity contribution is 9.11. The molecule has 0 radical (unpaired) electrons. The fourth-order valence-electron chi connectivity index (χ4n) is 3.99. The zero-order chi connectivity index (χ0) is 29.2. The largest absolute Gasteiger partial charge is 0.491 e. The summed E-state index contributed by atoms with van der Waals surface area (Å²) in [6, 6.07) is 11.5. The molecule has 0 fully saturated rings. The number of hydrogen-bond donors (Lipinski definition) is 1. The molecule has 0 amide bonds. The average molecular weight is 668 g/mol. The summed E-state index contributed by atoms with van der Waals surface area (Å²) < 4.78 is 14.6. The van der Waals surface area contributed by atoms with Crippen LogP contribution in [0, 0.1) is 0 Å². The van der Waals surface area contributed by atoms with E-state index in [0.29, 0.717) is 25.2 Å². The number of fused-ring (bicyclic) bond motifs is 1. The molecule has 0 spiro atoms. The molecule has 0 unspecified atom stereocenters. The van der Waals surface area contributed by atoms with E-state index in [-0.39, 0.29) is 6.42 Å². The Morgan fingerprint density at radius 2 is 1.56 bits per heavy atom. The van der Waals surface area contributed by atoms with E-state index < -0.39 is 17.7 Å². The molecule has 2 aromatic carbocycles. The molecule has 9 heteroatoms. The highest BCUT2D eigenvalue weighted by atomic mass is 79.9. The number of aliphatic carboxylic acids is 1. The first-order valence-corrected chi connectivity index (χ1v) is 14.9. The quantitative estimate of drug-likeness (QED) is 0.236. The van der Waals surface area contributed by atoms with Crippen LogP contribution in [0.2, 0.25) is 0 Å². The lowest BCUT2D eigenvalue weighted by Crippen LogP contribution is -2.26. The number of aromatic nitrogens is 1. The molecule has 0 aliphatic rings. The van der Waals surface area contributed by atoms with Gasteiger partial charge < -0.3 is 19.5 Å². The first kappa shape index (κ1) is 32.8. The van der Waals surface area contributed by atoms with Crippen LogP contribution < -0.4 is 4.74 Å². The van der Waals surface area contributed by atoms with Crippen LogP contribution in [0.3, 0.4) is 0 Å². The number of carboxylic acids is 1. The van der Waals surface area contributed by atoms with Crippen LogP contribution in [0.4, 0.5) is 4.79 Å². The van der Waals surface area contributed by atoms with Gasteiger partial charge in [-0.15, -0.1) is 0 Å². The Labute approximate surface area is 248 Å². The number of rotatable bonds is 10. The van der Waals surface area contributed by atoms with Crippen molar-refractivity contribution in [1.29, 1.82) is 0 Å². The van der Waals surface area contributed by atoms with Crippen molar-refractivity contribution in [3.63, 3.8) is 0 Å². The molecule has 1 heterocycles. The number of ether oxygens (including phenoxy) is 2. The monoisotopic (exact) mass is 666 g/mol. The molecular weight excluding hydrogens is 628 g/mol. The van der Waals surface area contributed by atoms with Crippen molar-refractivity contribution in [3.8, 4) is 5.75 Å². The standard InChI is InChI=1S/C24H25Br2NO5.C6H15N/c1-24(2,3)32-23(30)27-14-16(17-6-4-5-7-20(17)27)10-11-31-22-18(25)12-15(13-19(22)26)8-9-21(28)29;1-4-7(5-2)6-3/h4-7,12-14H,8-11H2,1-3H3,(H,28,29);4-6H2,1-3H3. The van der Waals surface area contributed by atoms with Gasteiger partial charge in [0.1, 0.15) is 11.4 Å². The summed E-state index contributed by atoms with van der Waals surface area (Å²) in [7, 11) is 0. The third kappa shape index (κ3) is 10.3. The van der Waals surface area contributed by atoms with E-state index in [4.69, 9.17) is 14.6 Å². The number of aryl methyl sites for hydroxylation is 1. The Morgan fingerprint density at radius 3 is 2.08 bits per heavy atom. The van der Waals surface area contributed by atoms with Crippen LogP contribution >= 0.6 is 31.9 Å². The van der Waals surface area contributed by atoms with Gasteiger partial charge in [-0.3, -0.25) is 9.36 Å². The minimum Gasteiger partial charge on any atom is -0.491 e. The van der Waals surface area contributed by atoms with Crippen LogP contribution in [-0.2, 0) is 22.4 Å². The third-order valence-corrected chi connectivity index (χ3v) is 7.21. The van der Waals surface area contributed by atoms with E-state index in [1.165, 1.54) is 19.6 Å². The fraction of sp³-hybridized carbons (Fsp3) is 0.467.